The number of pyridine rings is 1. The van der Waals surface area contributed by atoms with Crippen molar-refractivity contribution in [1.82, 2.24) is 9.88 Å². The number of morpholine rings is 1. The van der Waals surface area contributed by atoms with Crippen LogP contribution in [0.15, 0.2) is 58.5 Å². The maximum atomic E-state index is 14.7. The lowest BCUT2D eigenvalue weighted by Crippen LogP contribution is -2.44. The van der Waals surface area contributed by atoms with E-state index in [2.05, 4.69) is 14.8 Å². The number of ether oxygens (including phenoxy) is 1. The molecule has 2 aliphatic heterocycles. The molecule has 2 fully saturated rings. The van der Waals surface area contributed by atoms with Crippen LogP contribution in [0.4, 0.5) is 14.5 Å². The molecular weight excluding hydrogens is 472 g/mol. The number of hydrogen-bond acceptors (Lipinski definition) is 6. The van der Waals surface area contributed by atoms with Crippen molar-refractivity contribution in [3.63, 3.8) is 0 Å². The summed E-state index contributed by atoms with van der Waals surface area (Å²) in [5.74, 6) is -1.00. The molecule has 0 bridgehead atoms. The van der Waals surface area contributed by atoms with Crippen LogP contribution in [-0.2, 0) is 14.6 Å². The van der Waals surface area contributed by atoms with Gasteiger partial charge < -0.3 is 9.64 Å². The second kappa shape index (κ2) is 10.2. The largest absolute Gasteiger partial charge is 0.379 e. The lowest BCUT2D eigenvalue weighted by Gasteiger charge is -2.40. The molecule has 1 aromatic heterocycles. The molecule has 35 heavy (non-hydrogen) atoms. The summed E-state index contributed by atoms with van der Waals surface area (Å²) < 4.78 is 61.2. The molecule has 0 aliphatic carbocycles. The first-order valence-corrected chi connectivity index (χ1v) is 13.6. The molecule has 2 saturated heterocycles. The number of anilines is 1. The normalized spacial score (nSPS) is 19.8. The van der Waals surface area contributed by atoms with E-state index >= 15 is 0 Å². The lowest BCUT2D eigenvalue weighted by molar-refractivity contribution is 0.0362. The van der Waals surface area contributed by atoms with Crippen LogP contribution in [-0.4, -0.2) is 63.7 Å². The number of nitrogens with zero attached hydrogens (tertiary/aromatic N) is 3. The van der Waals surface area contributed by atoms with E-state index in [0.29, 0.717) is 17.6 Å². The van der Waals surface area contributed by atoms with Crippen molar-refractivity contribution in [1.29, 1.82) is 0 Å². The standard InChI is InChI=1S/C26H29F2N3O3S/c27-19-7-9-21(10-8-19)35(32,33)24-18-29-25-22(5-3-6-23(25)28)26(24)31-12-2-1-4-20(31)11-13-30-14-16-34-17-15-30/h3,5-10,18,20H,1-2,4,11-17H2/t20-/m1/s1. The Morgan fingerprint density at radius 1 is 1.00 bits per heavy atom. The third-order valence-corrected chi connectivity index (χ3v) is 8.77. The summed E-state index contributed by atoms with van der Waals surface area (Å²) in [6, 6.07) is 9.55. The van der Waals surface area contributed by atoms with E-state index < -0.39 is 21.5 Å². The monoisotopic (exact) mass is 501 g/mol. The highest BCUT2D eigenvalue weighted by atomic mass is 32.2. The Labute approximate surface area is 204 Å². The molecule has 0 saturated carbocycles. The first kappa shape index (κ1) is 24.1. The second-order valence-electron chi connectivity index (χ2n) is 9.15. The molecular formula is C26H29F2N3O3S. The van der Waals surface area contributed by atoms with E-state index in [9.17, 15) is 17.2 Å². The fourth-order valence-corrected chi connectivity index (χ4v) is 6.56. The summed E-state index contributed by atoms with van der Waals surface area (Å²) in [5, 5.41) is 0.478. The summed E-state index contributed by atoms with van der Waals surface area (Å²) in [4.78, 5) is 8.74. The maximum absolute atomic E-state index is 14.7. The molecule has 2 aliphatic rings. The van der Waals surface area contributed by atoms with Crippen molar-refractivity contribution in [2.45, 2.75) is 41.5 Å². The fourth-order valence-electron chi connectivity index (χ4n) is 5.14. The smallest absolute Gasteiger partial charge is 0.210 e. The van der Waals surface area contributed by atoms with Crippen LogP contribution >= 0.6 is 0 Å². The van der Waals surface area contributed by atoms with E-state index in [4.69, 9.17) is 4.74 Å². The number of fused-ring (bicyclic) bond motifs is 1. The summed E-state index contributed by atoms with van der Waals surface area (Å²) >= 11 is 0. The van der Waals surface area contributed by atoms with E-state index in [0.717, 1.165) is 70.7 Å². The molecule has 2 aromatic carbocycles. The highest BCUT2D eigenvalue weighted by molar-refractivity contribution is 7.91. The molecule has 9 heteroatoms. The van der Waals surface area contributed by atoms with Crippen molar-refractivity contribution in [3.05, 3.63) is 60.3 Å². The maximum Gasteiger partial charge on any atom is 0.210 e. The lowest BCUT2D eigenvalue weighted by atomic mass is 9.97. The molecule has 186 valence electrons. The number of benzene rings is 2. The number of piperidine rings is 1. The molecule has 1 atom stereocenters. The van der Waals surface area contributed by atoms with E-state index in [-0.39, 0.29) is 21.3 Å². The van der Waals surface area contributed by atoms with E-state index in [1.165, 1.54) is 24.4 Å². The molecule has 0 N–H and O–H groups in total. The van der Waals surface area contributed by atoms with Crippen LogP contribution in [0.25, 0.3) is 10.9 Å². The SMILES string of the molecule is O=S(=O)(c1ccc(F)cc1)c1cnc2c(F)cccc2c1N1CCCC[C@@H]1CCN1CCOCC1. The highest BCUT2D eigenvalue weighted by Gasteiger charge is 2.32. The van der Waals surface area contributed by atoms with Crippen LogP contribution in [0.2, 0.25) is 0 Å². The predicted molar refractivity (Wildman–Crippen MR) is 130 cm³/mol. The zero-order valence-electron chi connectivity index (χ0n) is 19.5. The Bertz CT molecular complexity index is 1300. The quantitative estimate of drug-likeness (QED) is 0.466. The number of sulfone groups is 1. The summed E-state index contributed by atoms with van der Waals surface area (Å²) in [6.07, 6.45) is 5.03. The van der Waals surface area contributed by atoms with Gasteiger partial charge in [-0.25, -0.2) is 17.2 Å². The molecule has 0 radical (unpaired) electrons. The Balaban J connectivity index is 1.60. The van der Waals surface area contributed by atoms with Gasteiger partial charge in [0.25, 0.3) is 0 Å². The number of hydrogen-bond donors (Lipinski definition) is 0. The van der Waals surface area contributed by atoms with Gasteiger partial charge in [0.15, 0.2) is 0 Å². The van der Waals surface area contributed by atoms with Crippen molar-refractivity contribution in [3.8, 4) is 0 Å². The summed E-state index contributed by atoms with van der Waals surface area (Å²) in [5.41, 5.74) is 0.642. The van der Waals surface area contributed by atoms with Gasteiger partial charge in [-0.05, 0) is 56.0 Å². The molecule has 3 aromatic rings. The zero-order valence-corrected chi connectivity index (χ0v) is 20.3. The van der Waals surface area contributed by atoms with Gasteiger partial charge in [-0.1, -0.05) is 12.1 Å². The number of halogens is 2. The minimum absolute atomic E-state index is 0.0143. The minimum atomic E-state index is -4.02. The third-order valence-electron chi connectivity index (χ3n) is 7.00. The van der Waals surface area contributed by atoms with Gasteiger partial charge in [0.1, 0.15) is 22.0 Å². The highest BCUT2D eigenvalue weighted by Crippen LogP contribution is 2.39. The van der Waals surface area contributed by atoms with E-state index in [1.807, 2.05) is 0 Å². The molecule has 6 nitrogen and oxygen atoms in total. The average molecular weight is 502 g/mol. The van der Waals surface area contributed by atoms with Crippen LogP contribution in [0.1, 0.15) is 25.7 Å². The fraction of sp³-hybridized carbons (Fsp3) is 0.423. The Hall–Kier alpha value is -2.62. The van der Waals surface area contributed by atoms with Crippen molar-refractivity contribution >= 4 is 26.4 Å². The minimum Gasteiger partial charge on any atom is -0.379 e. The van der Waals surface area contributed by atoms with Gasteiger partial charge in [0.2, 0.25) is 9.84 Å². The molecule has 0 unspecified atom stereocenters. The molecule has 0 spiro atoms. The van der Waals surface area contributed by atoms with Gasteiger partial charge in [0, 0.05) is 43.8 Å². The molecule has 5 rings (SSSR count). The number of aromatic nitrogens is 1. The van der Waals surface area contributed by atoms with Crippen molar-refractivity contribution < 1.29 is 21.9 Å². The first-order chi connectivity index (χ1) is 16.9. The topological polar surface area (TPSA) is 62.7 Å². The zero-order chi connectivity index (χ0) is 24.4. The first-order valence-electron chi connectivity index (χ1n) is 12.1. The van der Waals surface area contributed by atoms with Crippen molar-refractivity contribution in [2.24, 2.45) is 0 Å². The van der Waals surface area contributed by atoms with Gasteiger partial charge in [-0.15, -0.1) is 0 Å². The molecule has 3 heterocycles. The summed E-state index contributed by atoms with van der Waals surface area (Å²) in [7, 11) is -4.02. The van der Waals surface area contributed by atoms with Crippen LogP contribution in [0.3, 0.4) is 0 Å². The molecule has 0 amide bonds. The number of para-hydroxylation sites is 1. The van der Waals surface area contributed by atoms with Gasteiger partial charge >= 0.3 is 0 Å². The third kappa shape index (κ3) is 4.90. The van der Waals surface area contributed by atoms with Crippen LogP contribution in [0.5, 0.6) is 0 Å². The van der Waals surface area contributed by atoms with Crippen LogP contribution in [0, 0.1) is 11.6 Å². The Morgan fingerprint density at radius 3 is 2.54 bits per heavy atom. The van der Waals surface area contributed by atoms with Gasteiger partial charge in [0.05, 0.1) is 23.8 Å². The second-order valence-corrected chi connectivity index (χ2v) is 11.1. The van der Waals surface area contributed by atoms with Gasteiger partial charge in [-0.2, -0.15) is 0 Å². The predicted octanol–water partition coefficient (Wildman–Crippen LogP) is 4.43. The Morgan fingerprint density at radius 2 is 1.77 bits per heavy atom. The van der Waals surface area contributed by atoms with Crippen molar-refractivity contribution in [2.75, 3.05) is 44.3 Å². The number of rotatable bonds is 6. The Kier molecular flexibility index (Phi) is 7.00. The average Bonchev–Trinajstić information content (AvgIpc) is 2.88. The van der Waals surface area contributed by atoms with Gasteiger partial charge in [-0.3, -0.25) is 9.88 Å². The van der Waals surface area contributed by atoms with E-state index in [1.54, 1.807) is 12.1 Å². The van der Waals surface area contributed by atoms with Crippen LogP contribution < -0.4 is 4.90 Å². The summed E-state index contributed by atoms with van der Waals surface area (Å²) in [6.45, 7) is 4.79.